The number of carbonyl (C=O) groups is 5. The van der Waals surface area contributed by atoms with Gasteiger partial charge in [-0.15, -0.1) is 0 Å². The average molecular weight is 845 g/mol. The molecule has 1 heterocycles. The largest absolute Gasteiger partial charge is 0.595 e. The molecule has 2 saturated carbocycles. The first kappa shape index (κ1) is 45.4. The van der Waals surface area contributed by atoms with Gasteiger partial charge < -0.3 is 38.6 Å². The van der Waals surface area contributed by atoms with E-state index >= 15 is 4.79 Å². The van der Waals surface area contributed by atoms with Crippen LogP contribution >= 0.6 is 0 Å². The van der Waals surface area contributed by atoms with E-state index in [0.717, 1.165) is 0 Å². The van der Waals surface area contributed by atoms with Gasteiger partial charge in [-0.3, -0.25) is 24.2 Å². The van der Waals surface area contributed by atoms with Crippen LogP contribution in [-0.2, 0) is 47.6 Å². The molecule has 61 heavy (non-hydrogen) atoms. The number of nitrogens with zero attached hydrogens (tertiary/aromatic N) is 1. The number of aliphatic imine (C=N–C) groups is 1. The van der Waals surface area contributed by atoms with E-state index in [1.807, 2.05) is 6.92 Å². The lowest BCUT2D eigenvalue weighted by molar-refractivity contribution is -0.340. The Bertz CT molecular complexity index is 2110. The summed E-state index contributed by atoms with van der Waals surface area (Å²) in [7, 11) is 0. The van der Waals surface area contributed by atoms with E-state index in [-0.39, 0.29) is 30.6 Å². The quantitative estimate of drug-likeness (QED) is 0.111. The summed E-state index contributed by atoms with van der Waals surface area (Å²) < 4.78 is 36.6. The minimum absolute atomic E-state index is 0.156. The van der Waals surface area contributed by atoms with Crippen LogP contribution in [0.4, 0.5) is 0 Å². The van der Waals surface area contributed by atoms with Crippen LogP contribution in [0.15, 0.2) is 76.8 Å². The van der Waals surface area contributed by atoms with Crippen LogP contribution in [0.1, 0.15) is 111 Å². The summed E-state index contributed by atoms with van der Waals surface area (Å²) in [6, 6.07) is 15.8. The first-order valence-corrected chi connectivity index (χ1v) is 20.8. The highest BCUT2D eigenvalue weighted by Crippen LogP contribution is 2.65. The summed E-state index contributed by atoms with van der Waals surface area (Å²) >= 11 is 0. The Kier molecular flexibility index (Phi) is 12.2. The van der Waals surface area contributed by atoms with Crippen molar-refractivity contribution in [2.75, 3.05) is 6.61 Å². The molecule has 14 nitrogen and oxygen atoms in total. The molecule has 1 saturated heterocycles. The number of hydrogen-bond donors (Lipinski definition) is 1. The molecule has 1 unspecified atom stereocenters. The summed E-state index contributed by atoms with van der Waals surface area (Å²) in [5.41, 5.74) is -6.56. The van der Waals surface area contributed by atoms with E-state index in [4.69, 9.17) is 28.4 Å². The van der Waals surface area contributed by atoms with Crippen molar-refractivity contribution in [2.45, 2.75) is 136 Å². The summed E-state index contributed by atoms with van der Waals surface area (Å²) in [6.45, 7) is 17.4. The third-order valence-corrected chi connectivity index (χ3v) is 13.5. The number of Topliss-reactive ketones (excluding diaryl/α,β-unsaturated/α-hetero) is 1. The second kappa shape index (κ2) is 16.3. The van der Waals surface area contributed by atoms with Crippen molar-refractivity contribution in [3.8, 4) is 0 Å². The minimum Gasteiger partial charge on any atom is -0.595 e. The van der Waals surface area contributed by atoms with Gasteiger partial charge in [-0.05, 0) is 55.0 Å². The van der Waals surface area contributed by atoms with Crippen molar-refractivity contribution in [1.82, 2.24) is 0 Å². The van der Waals surface area contributed by atoms with E-state index in [0.29, 0.717) is 11.1 Å². The number of ether oxygens (including phenoxy) is 6. The van der Waals surface area contributed by atoms with Crippen molar-refractivity contribution in [1.29, 1.82) is 0 Å². The molecule has 6 rings (SSSR count). The molecule has 330 valence electrons. The average Bonchev–Trinajstić information content (AvgIpc) is 3.17. The van der Waals surface area contributed by atoms with Crippen LogP contribution in [0.3, 0.4) is 0 Å². The van der Waals surface area contributed by atoms with Crippen LogP contribution in [-0.4, -0.2) is 88.7 Å². The smallest absolute Gasteiger partial charge is 0.338 e. The zero-order chi connectivity index (χ0) is 45.0. The second-order valence-corrected chi connectivity index (χ2v) is 18.8. The first-order chi connectivity index (χ1) is 28.4. The molecule has 0 radical (unpaired) electrons. The molecule has 14 heteroatoms. The standard InChI is InChI=1S/C47H59NO13/c1-25-22-33-46(24-56-33,60-29(5)50)37-39(59-41(53)31-20-16-13-17-21-31)47(55)23-32(26(2)34(44(47,9)10)36(57-28(4)49)38(51)45(25,37)11)58-40(52)27(3)35(30-18-14-12-15-19-30)48-42(54)61-43(6,7)8/h12-21,25,27,32-33,35-37,39,55H,22-24H2,1-11H3,(H,48,54)/p-1/t25-,27+,32-,33+,35?,36+,37-,39-,45+,46-,47+/m0/s1. The van der Waals surface area contributed by atoms with Gasteiger partial charge in [0.15, 0.2) is 17.5 Å². The van der Waals surface area contributed by atoms with Gasteiger partial charge in [0.25, 0.3) is 0 Å². The molecular formula is C47H58NO13-. The van der Waals surface area contributed by atoms with Gasteiger partial charge in [-0.25, -0.2) is 4.79 Å². The molecule has 11 atom stereocenters. The van der Waals surface area contributed by atoms with Gasteiger partial charge >= 0.3 is 23.9 Å². The number of carbonyl (C=O) groups excluding carboxylic acids is 5. The molecule has 3 aliphatic carbocycles. The van der Waals surface area contributed by atoms with E-state index in [2.05, 4.69) is 4.99 Å². The van der Waals surface area contributed by atoms with Crippen LogP contribution in [0, 0.1) is 28.6 Å². The van der Waals surface area contributed by atoms with Crippen molar-refractivity contribution in [2.24, 2.45) is 33.6 Å². The Labute approximate surface area is 357 Å². The molecule has 4 aliphatic rings. The number of rotatable bonds is 9. The highest BCUT2D eigenvalue weighted by atomic mass is 16.6. The molecule has 0 amide bonds. The molecular weight excluding hydrogens is 787 g/mol. The zero-order valence-electron chi connectivity index (χ0n) is 36.8. The van der Waals surface area contributed by atoms with Gasteiger partial charge in [0, 0.05) is 36.7 Å². The van der Waals surface area contributed by atoms with Crippen molar-refractivity contribution in [3.05, 3.63) is 82.9 Å². The van der Waals surface area contributed by atoms with Crippen LogP contribution < -0.4 is 5.11 Å². The highest BCUT2D eigenvalue weighted by molar-refractivity contribution is 5.95. The van der Waals surface area contributed by atoms with E-state index in [1.54, 1.807) is 116 Å². The predicted molar refractivity (Wildman–Crippen MR) is 218 cm³/mol. The normalized spacial score (nSPS) is 32.9. The second-order valence-electron chi connectivity index (χ2n) is 18.8. The third-order valence-electron chi connectivity index (χ3n) is 13.5. The van der Waals surface area contributed by atoms with Gasteiger partial charge in [0.05, 0.1) is 30.0 Å². The van der Waals surface area contributed by atoms with E-state index in [9.17, 15) is 29.4 Å². The Morgan fingerprint density at radius 1 is 0.934 bits per heavy atom. The monoisotopic (exact) mass is 844 g/mol. The zero-order valence-corrected chi connectivity index (χ0v) is 36.8. The lowest BCUT2D eigenvalue weighted by Gasteiger charge is -2.68. The van der Waals surface area contributed by atoms with Crippen LogP contribution in [0.5, 0.6) is 0 Å². The maximum absolute atomic E-state index is 15.6. The minimum atomic E-state index is -2.21. The maximum atomic E-state index is 15.6. The molecule has 1 N–H and O–H groups in total. The van der Waals surface area contributed by atoms with E-state index in [1.165, 1.54) is 13.8 Å². The van der Waals surface area contributed by atoms with Crippen LogP contribution in [0.2, 0.25) is 0 Å². The van der Waals surface area contributed by atoms with Crippen molar-refractivity contribution in [3.63, 3.8) is 0 Å². The Morgan fingerprint density at radius 2 is 1.54 bits per heavy atom. The van der Waals surface area contributed by atoms with E-state index < -0.39 is 112 Å². The number of fused-ring (bicyclic) bond motifs is 5. The summed E-state index contributed by atoms with van der Waals surface area (Å²) in [4.78, 5) is 74.9. The molecule has 2 aromatic rings. The number of aliphatic hydroxyl groups is 1. The molecule has 0 aromatic heterocycles. The summed E-state index contributed by atoms with van der Waals surface area (Å²) in [6.07, 6.45) is -6.26. The van der Waals surface area contributed by atoms with Gasteiger partial charge in [0.1, 0.15) is 30.0 Å². The third kappa shape index (κ3) is 7.97. The molecule has 2 aromatic carbocycles. The van der Waals surface area contributed by atoms with Gasteiger partial charge in [0.2, 0.25) is 0 Å². The summed E-state index contributed by atoms with van der Waals surface area (Å²) in [5, 5.41) is 26.9. The first-order valence-electron chi connectivity index (χ1n) is 20.8. The SMILES string of the molecule is CC(=O)O[C@H]1C(=O)[C@@]2(C)[C@H]([C@H](OC(=O)c3ccccc3)[C@]3(O)C[C@H](OC(=O)[C@H](C)C(N=C([O-])OC(C)(C)C)c4ccccc4)C(C)=C1C3(C)C)[C@]1(OC(C)=O)CO[C@@H]1C[C@@H]2C. The molecule has 2 bridgehead atoms. The number of ketones is 1. The summed E-state index contributed by atoms with van der Waals surface area (Å²) in [5.74, 6) is -6.56. The maximum Gasteiger partial charge on any atom is 0.338 e. The molecule has 0 spiro atoms. The topological polar surface area (TPSA) is 196 Å². The molecule has 3 fully saturated rings. The Hall–Kier alpha value is -5.08. The fourth-order valence-corrected chi connectivity index (χ4v) is 10.2. The van der Waals surface area contributed by atoms with Crippen LogP contribution in [0.25, 0.3) is 0 Å². The Morgan fingerprint density at radius 3 is 2.08 bits per heavy atom. The molecule has 1 aliphatic heterocycles. The van der Waals surface area contributed by atoms with Gasteiger partial charge in [-0.1, -0.05) is 97.0 Å². The lowest BCUT2D eigenvalue weighted by Crippen LogP contribution is -2.80. The fraction of sp³-hybridized carbons (Fsp3) is 0.574. The number of hydrogen-bond acceptors (Lipinski definition) is 14. The lowest BCUT2D eigenvalue weighted by atomic mass is 9.43. The Balaban J connectivity index is 1.55. The van der Waals surface area contributed by atoms with Crippen molar-refractivity contribution < 1.29 is 62.6 Å². The number of benzene rings is 2. The van der Waals surface area contributed by atoms with Gasteiger partial charge in [-0.2, -0.15) is 0 Å². The van der Waals surface area contributed by atoms with Crippen molar-refractivity contribution >= 4 is 35.7 Å². The fourth-order valence-electron chi connectivity index (χ4n) is 10.2. The highest BCUT2D eigenvalue weighted by Gasteiger charge is 2.77. The predicted octanol–water partition coefficient (Wildman–Crippen LogP) is 5.39. The number of esters is 4.